The van der Waals surface area contributed by atoms with E-state index in [2.05, 4.69) is 0 Å². The van der Waals surface area contributed by atoms with Crippen molar-refractivity contribution in [2.75, 3.05) is 7.11 Å². The van der Waals surface area contributed by atoms with Gasteiger partial charge in [0.25, 0.3) is 0 Å². The lowest BCUT2D eigenvalue weighted by Crippen LogP contribution is -2.21. The van der Waals surface area contributed by atoms with Gasteiger partial charge in [0.15, 0.2) is 0 Å². The zero-order valence-electron chi connectivity index (χ0n) is 8.22. The van der Waals surface area contributed by atoms with Crippen LogP contribution >= 0.6 is 0 Å². The molecule has 0 saturated heterocycles. The Morgan fingerprint density at radius 2 is 2.21 bits per heavy atom. The summed E-state index contributed by atoms with van der Waals surface area (Å²) < 4.78 is 18.0. The maximum Gasteiger partial charge on any atom is 0.123 e. The molecule has 2 nitrogen and oxygen atoms in total. The van der Waals surface area contributed by atoms with Crippen LogP contribution in [-0.4, -0.2) is 7.11 Å². The number of nitrogens with two attached hydrogens (primary N) is 1. The molecule has 0 radical (unpaired) electrons. The summed E-state index contributed by atoms with van der Waals surface area (Å²) in [5.74, 6) is -0.231. The third-order valence-electron chi connectivity index (χ3n) is 2.69. The monoisotopic (exact) mass is 195 g/mol. The van der Waals surface area contributed by atoms with Crippen LogP contribution in [0.1, 0.15) is 24.0 Å². The largest absolute Gasteiger partial charge is 0.380 e. The molecule has 3 heteroatoms. The minimum absolute atomic E-state index is 0.221. The molecule has 1 aliphatic carbocycles. The van der Waals surface area contributed by atoms with Crippen LogP contribution < -0.4 is 5.73 Å². The summed E-state index contributed by atoms with van der Waals surface area (Å²) in [6.07, 6.45) is 1.96. The van der Waals surface area contributed by atoms with Crippen molar-refractivity contribution in [2.45, 2.75) is 25.0 Å². The summed E-state index contributed by atoms with van der Waals surface area (Å²) >= 11 is 0. The number of rotatable bonds is 3. The molecule has 1 aliphatic rings. The van der Waals surface area contributed by atoms with Gasteiger partial charge in [-0.3, -0.25) is 0 Å². The Balaban J connectivity index is 2.37. The van der Waals surface area contributed by atoms with Crippen molar-refractivity contribution in [1.29, 1.82) is 0 Å². The average Bonchev–Trinajstić information content (AvgIpc) is 2.85. The molecular formula is C11H14FNO. The molecule has 0 bridgehead atoms. The first kappa shape index (κ1) is 9.62. The van der Waals surface area contributed by atoms with Crippen molar-refractivity contribution in [2.24, 2.45) is 5.73 Å². The van der Waals surface area contributed by atoms with Crippen molar-refractivity contribution in [1.82, 2.24) is 0 Å². The summed E-state index contributed by atoms with van der Waals surface area (Å²) in [4.78, 5) is 0. The second-order valence-corrected chi connectivity index (χ2v) is 3.89. The highest BCUT2D eigenvalue weighted by Crippen LogP contribution is 2.44. The predicted molar refractivity (Wildman–Crippen MR) is 52.2 cm³/mol. The first-order valence-electron chi connectivity index (χ1n) is 4.72. The zero-order valence-corrected chi connectivity index (χ0v) is 8.22. The molecule has 0 aromatic heterocycles. The van der Waals surface area contributed by atoms with Gasteiger partial charge >= 0.3 is 0 Å². The van der Waals surface area contributed by atoms with Gasteiger partial charge in [-0.15, -0.1) is 0 Å². The minimum atomic E-state index is -0.231. The number of benzene rings is 1. The van der Waals surface area contributed by atoms with Crippen LogP contribution in [-0.2, 0) is 16.9 Å². The van der Waals surface area contributed by atoms with Crippen molar-refractivity contribution >= 4 is 0 Å². The normalized spacial score (nSPS) is 18.2. The number of ether oxygens (including phenoxy) is 1. The van der Waals surface area contributed by atoms with Crippen LogP contribution in [0.5, 0.6) is 0 Å². The van der Waals surface area contributed by atoms with Gasteiger partial charge in [0.05, 0.1) is 6.61 Å². The van der Waals surface area contributed by atoms with E-state index in [1.54, 1.807) is 13.2 Å². The molecule has 1 fully saturated rings. The lowest BCUT2D eigenvalue weighted by Gasteiger charge is -2.14. The number of hydrogen-bond acceptors (Lipinski definition) is 2. The smallest absolute Gasteiger partial charge is 0.123 e. The maximum atomic E-state index is 13.0. The Labute approximate surface area is 82.9 Å². The van der Waals surface area contributed by atoms with E-state index in [1.807, 2.05) is 0 Å². The second kappa shape index (κ2) is 3.33. The second-order valence-electron chi connectivity index (χ2n) is 3.89. The fourth-order valence-electron chi connectivity index (χ4n) is 1.73. The number of hydrogen-bond donors (Lipinski definition) is 1. The minimum Gasteiger partial charge on any atom is -0.380 e. The zero-order chi connectivity index (χ0) is 10.2. The summed E-state index contributed by atoms with van der Waals surface area (Å²) in [5.41, 5.74) is 7.75. The van der Waals surface area contributed by atoms with Gasteiger partial charge in [0.2, 0.25) is 0 Å². The lowest BCUT2D eigenvalue weighted by atomic mass is 9.99. The molecule has 0 spiro atoms. The molecule has 0 heterocycles. The molecule has 1 aromatic rings. The van der Waals surface area contributed by atoms with Crippen LogP contribution in [0.2, 0.25) is 0 Å². The third-order valence-corrected chi connectivity index (χ3v) is 2.69. The Hall–Kier alpha value is -0.930. The van der Waals surface area contributed by atoms with Gasteiger partial charge in [-0.2, -0.15) is 0 Å². The molecule has 0 aliphatic heterocycles. The Morgan fingerprint density at radius 1 is 1.50 bits per heavy atom. The Morgan fingerprint density at radius 3 is 2.79 bits per heavy atom. The molecule has 14 heavy (non-hydrogen) atoms. The van der Waals surface area contributed by atoms with Crippen molar-refractivity contribution < 1.29 is 9.13 Å². The third kappa shape index (κ3) is 1.65. The first-order chi connectivity index (χ1) is 6.65. The summed E-state index contributed by atoms with van der Waals surface area (Å²) in [5, 5.41) is 0. The first-order valence-corrected chi connectivity index (χ1v) is 4.72. The van der Waals surface area contributed by atoms with E-state index in [9.17, 15) is 4.39 Å². The van der Waals surface area contributed by atoms with E-state index >= 15 is 0 Å². The molecule has 1 aromatic carbocycles. The van der Waals surface area contributed by atoms with E-state index < -0.39 is 0 Å². The molecule has 76 valence electrons. The van der Waals surface area contributed by atoms with Crippen molar-refractivity contribution in [3.63, 3.8) is 0 Å². The molecular weight excluding hydrogens is 181 g/mol. The van der Waals surface area contributed by atoms with Crippen molar-refractivity contribution in [3.05, 3.63) is 35.1 Å². The van der Waals surface area contributed by atoms with E-state index in [-0.39, 0.29) is 11.4 Å². The highest BCUT2D eigenvalue weighted by Gasteiger charge is 2.41. The molecule has 0 amide bonds. The van der Waals surface area contributed by atoms with E-state index in [4.69, 9.17) is 10.5 Å². The number of methoxy groups -OCH3 is 1. The standard InChI is InChI=1S/C11H14FNO/c1-14-7-8-6-9(12)2-3-10(8)11(13)4-5-11/h2-3,6H,4-5,7,13H2,1H3. The van der Waals surface area contributed by atoms with Crippen LogP contribution in [0, 0.1) is 5.82 Å². The topological polar surface area (TPSA) is 35.2 Å². The van der Waals surface area contributed by atoms with E-state index in [0.29, 0.717) is 6.61 Å². The molecule has 0 atom stereocenters. The lowest BCUT2D eigenvalue weighted by molar-refractivity contribution is 0.183. The maximum absolute atomic E-state index is 13.0. The van der Waals surface area contributed by atoms with Crippen molar-refractivity contribution in [3.8, 4) is 0 Å². The SMILES string of the molecule is COCc1cc(F)ccc1C1(N)CC1. The fraction of sp³-hybridized carbons (Fsp3) is 0.455. The average molecular weight is 195 g/mol. The molecule has 0 unspecified atom stereocenters. The van der Waals surface area contributed by atoms with E-state index in [1.165, 1.54) is 12.1 Å². The van der Waals surface area contributed by atoms with Gasteiger partial charge in [-0.25, -0.2) is 4.39 Å². The molecule has 2 N–H and O–H groups in total. The molecule has 1 saturated carbocycles. The van der Waals surface area contributed by atoms with Gasteiger partial charge < -0.3 is 10.5 Å². The quantitative estimate of drug-likeness (QED) is 0.799. The van der Waals surface area contributed by atoms with Gasteiger partial charge in [0.1, 0.15) is 5.82 Å². The van der Waals surface area contributed by atoms with Crippen LogP contribution in [0.4, 0.5) is 4.39 Å². The Bertz CT molecular complexity index is 347. The highest BCUT2D eigenvalue weighted by molar-refractivity contribution is 5.37. The van der Waals surface area contributed by atoms with Gasteiger partial charge in [0, 0.05) is 12.6 Å². The summed E-state index contributed by atoms with van der Waals surface area (Å²) in [6, 6.07) is 4.74. The van der Waals surface area contributed by atoms with E-state index in [0.717, 1.165) is 24.0 Å². The summed E-state index contributed by atoms with van der Waals surface area (Å²) in [7, 11) is 1.60. The predicted octanol–water partition coefficient (Wildman–Crippen LogP) is 1.92. The van der Waals surface area contributed by atoms with Crippen LogP contribution in [0.15, 0.2) is 18.2 Å². The highest BCUT2D eigenvalue weighted by atomic mass is 19.1. The van der Waals surface area contributed by atoms with Crippen LogP contribution in [0.3, 0.4) is 0 Å². The summed E-state index contributed by atoms with van der Waals surface area (Å²) in [6.45, 7) is 0.423. The van der Waals surface area contributed by atoms with Crippen LogP contribution in [0.25, 0.3) is 0 Å². The Kier molecular flexibility index (Phi) is 2.29. The molecule has 2 rings (SSSR count). The number of halogens is 1. The van der Waals surface area contributed by atoms with Gasteiger partial charge in [-0.05, 0) is 36.1 Å². The van der Waals surface area contributed by atoms with Gasteiger partial charge in [-0.1, -0.05) is 6.07 Å². The fourth-order valence-corrected chi connectivity index (χ4v) is 1.73.